The second kappa shape index (κ2) is 6.54. The van der Waals surface area contributed by atoms with Crippen molar-refractivity contribution in [3.8, 4) is 5.88 Å². The third-order valence-electron chi connectivity index (χ3n) is 3.72. The van der Waals surface area contributed by atoms with Gasteiger partial charge in [-0.15, -0.1) is 0 Å². The molecule has 0 radical (unpaired) electrons. The summed E-state index contributed by atoms with van der Waals surface area (Å²) in [6, 6.07) is 6.50. The Morgan fingerprint density at radius 3 is 2.71 bits per heavy atom. The Morgan fingerprint density at radius 1 is 1.29 bits per heavy atom. The quantitative estimate of drug-likeness (QED) is 0.932. The fourth-order valence-corrected chi connectivity index (χ4v) is 2.45. The molecular formula is C16H16F3N3O2. The summed E-state index contributed by atoms with van der Waals surface area (Å²) in [7, 11) is 0. The van der Waals surface area contributed by atoms with E-state index in [1.807, 2.05) is 0 Å². The molecule has 2 heterocycles. The summed E-state index contributed by atoms with van der Waals surface area (Å²) < 4.78 is 44.5. The van der Waals surface area contributed by atoms with Crippen molar-refractivity contribution in [2.75, 3.05) is 13.2 Å². The standard InChI is InChI=1S/C16H16F3N3O2/c17-16(18,19)12-4-2-11(3-5-12)6-7-20-15(23)13-10-14-22(21-13)8-1-9-24-14/h2-5,10H,1,6-9H2,(H,20,23). The zero-order valence-electron chi connectivity index (χ0n) is 12.8. The minimum Gasteiger partial charge on any atom is -0.478 e. The van der Waals surface area contributed by atoms with Crippen LogP contribution in [0.3, 0.4) is 0 Å². The molecule has 1 amide bonds. The highest BCUT2D eigenvalue weighted by Gasteiger charge is 2.29. The Balaban J connectivity index is 1.52. The fraction of sp³-hybridized carbons (Fsp3) is 0.375. The molecule has 0 atom stereocenters. The van der Waals surface area contributed by atoms with Crippen molar-refractivity contribution in [2.45, 2.75) is 25.6 Å². The van der Waals surface area contributed by atoms with Gasteiger partial charge in [-0.2, -0.15) is 18.3 Å². The number of hydrogen-bond acceptors (Lipinski definition) is 3. The number of alkyl halides is 3. The number of rotatable bonds is 4. The number of aromatic nitrogens is 2. The van der Waals surface area contributed by atoms with Gasteiger partial charge in [-0.05, 0) is 24.1 Å². The summed E-state index contributed by atoms with van der Waals surface area (Å²) in [6.45, 7) is 1.64. The summed E-state index contributed by atoms with van der Waals surface area (Å²) in [5, 5.41) is 6.88. The zero-order chi connectivity index (χ0) is 17.2. The third kappa shape index (κ3) is 3.69. The van der Waals surface area contributed by atoms with Gasteiger partial charge in [0, 0.05) is 25.6 Å². The minimum absolute atomic E-state index is 0.277. The van der Waals surface area contributed by atoms with E-state index in [1.54, 1.807) is 10.7 Å². The lowest BCUT2D eigenvalue weighted by molar-refractivity contribution is -0.137. The third-order valence-corrected chi connectivity index (χ3v) is 3.72. The molecule has 8 heteroatoms. The van der Waals surface area contributed by atoms with E-state index in [-0.39, 0.29) is 11.6 Å². The smallest absolute Gasteiger partial charge is 0.416 e. The number of halogens is 3. The fourth-order valence-electron chi connectivity index (χ4n) is 2.45. The second-order valence-electron chi connectivity index (χ2n) is 5.49. The lowest BCUT2D eigenvalue weighted by Crippen LogP contribution is -2.26. The molecule has 2 aromatic rings. The van der Waals surface area contributed by atoms with Crippen molar-refractivity contribution in [2.24, 2.45) is 0 Å². The Kier molecular flexibility index (Phi) is 4.46. The van der Waals surface area contributed by atoms with Crippen LogP contribution in [-0.4, -0.2) is 28.8 Å². The van der Waals surface area contributed by atoms with Crippen molar-refractivity contribution in [3.05, 3.63) is 47.2 Å². The molecule has 0 saturated carbocycles. The first-order valence-electron chi connectivity index (χ1n) is 7.58. The van der Waals surface area contributed by atoms with Gasteiger partial charge in [-0.3, -0.25) is 4.79 Å². The molecule has 1 N–H and O–H groups in total. The van der Waals surface area contributed by atoms with E-state index in [9.17, 15) is 18.0 Å². The second-order valence-corrected chi connectivity index (χ2v) is 5.49. The maximum absolute atomic E-state index is 12.5. The summed E-state index contributed by atoms with van der Waals surface area (Å²) in [6.07, 6.45) is -3.05. The molecule has 5 nitrogen and oxygen atoms in total. The Hall–Kier alpha value is -2.51. The lowest BCUT2D eigenvalue weighted by Gasteiger charge is -2.13. The first-order valence-corrected chi connectivity index (χ1v) is 7.58. The monoisotopic (exact) mass is 339 g/mol. The van der Waals surface area contributed by atoms with Crippen LogP contribution in [0.5, 0.6) is 5.88 Å². The van der Waals surface area contributed by atoms with E-state index in [0.717, 1.165) is 24.1 Å². The van der Waals surface area contributed by atoms with Crippen LogP contribution in [0, 0.1) is 0 Å². The summed E-state index contributed by atoms with van der Waals surface area (Å²) >= 11 is 0. The van der Waals surface area contributed by atoms with Gasteiger partial charge >= 0.3 is 6.18 Å². The molecule has 128 valence electrons. The van der Waals surface area contributed by atoms with Crippen LogP contribution in [-0.2, 0) is 19.1 Å². The topological polar surface area (TPSA) is 56.2 Å². The van der Waals surface area contributed by atoms with Crippen LogP contribution < -0.4 is 10.1 Å². The van der Waals surface area contributed by atoms with Gasteiger partial charge in [0.1, 0.15) is 0 Å². The summed E-state index contributed by atoms with van der Waals surface area (Å²) in [4.78, 5) is 12.0. The molecule has 1 aliphatic rings. The number of nitrogens with one attached hydrogen (secondary N) is 1. The number of aryl methyl sites for hydroxylation is 1. The van der Waals surface area contributed by atoms with Gasteiger partial charge < -0.3 is 10.1 Å². The number of carbonyl (C=O) groups is 1. The molecule has 0 unspecified atom stereocenters. The van der Waals surface area contributed by atoms with E-state index in [0.29, 0.717) is 32.0 Å². The van der Waals surface area contributed by atoms with Gasteiger partial charge in [0.15, 0.2) is 5.69 Å². The van der Waals surface area contributed by atoms with Crippen molar-refractivity contribution >= 4 is 5.91 Å². The molecule has 0 bridgehead atoms. The molecular weight excluding hydrogens is 323 g/mol. The number of benzene rings is 1. The van der Waals surface area contributed by atoms with Crippen LogP contribution in [0.4, 0.5) is 13.2 Å². The molecule has 1 aromatic heterocycles. The van der Waals surface area contributed by atoms with E-state index in [1.165, 1.54) is 12.1 Å². The maximum atomic E-state index is 12.5. The number of ether oxygens (including phenoxy) is 1. The molecule has 0 spiro atoms. The minimum atomic E-state index is -4.34. The van der Waals surface area contributed by atoms with Crippen molar-refractivity contribution in [1.82, 2.24) is 15.1 Å². The van der Waals surface area contributed by atoms with Crippen LogP contribution in [0.2, 0.25) is 0 Å². The molecule has 0 saturated heterocycles. The highest BCUT2D eigenvalue weighted by Crippen LogP contribution is 2.29. The van der Waals surface area contributed by atoms with E-state index >= 15 is 0 Å². The SMILES string of the molecule is O=C(NCCc1ccc(C(F)(F)F)cc1)c1cc2n(n1)CCCO2. The van der Waals surface area contributed by atoms with Crippen molar-refractivity contribution < 1.29 is 22.7 Å². The molecule has 1 aromatic carbocycles. The lowest BCUT2D eigenvalue weighted by atomic mass is 10.1. The first-order chi connectivity index (χ1) is 11.4. The number of carbonyl (C=O) groups excluding carboxylic acids is 1. The number of nitrogens with zero attached hydrogens (tertiary/aromatic N) is 2. The van der Waals surface area contributed by atoms with E-state index in [4.69, 9.17) is 4.74 Å². The van der Waals surface area contributed by atoms with Crippen LogP contribution in [0.15, 0.2) is 30.3 Å². The van der Waals surface area contributed by atoms with Gasteiger partial charge in [0.2, 0.25) is 5.88 Å². The molecule has 0 fully saturated rings. The zero-order valence-corrected chi connectivity index (χ0v) is 12.8. The molecule has 0 aliphatic carbocycles. The average Bonchev–Trinajstić information content (AvgIpc) is 2.98. The Morgan fingerprint density at radius 2 is 2.04 bits per heavy atom. The predicted molar refractivity (Wildman–Crippen MR) is 79.8 cm³/mol. The summed E-state index contributed by atoms with van der Waals surface area (Å²) in [5.41, 5.74) is 0.314. The van der Waals surface area contributed by atoms with Crippen LogP contribution >= 0.6 is 0 Å². The number of hydrogen-bond donors (Lipinski definition) is 1. The predicted octanol–water partition coefficient (Wildman–Crippen LogP) is 2.66. The molecule has 24 heavy (non-hydrogen) atoms. The normalized spacial score (nSPS) is 14.0. The number of amides is 1. The van der Waals surface area contributed by atoms with Gasteiger partial charge in [0.05, 0.1) is 12.2 Å². The van der Waals surface area contributed by atoms with Crippen molar-refractivity contribution in [1.29, 1.82) is 0 Å². The highest BCUT2D eigenvalue weighted by molar-refractivity contribution is 5.92. The van der Waals surface area contributed by atoms with E-state index < -0.39 is 11.7 Å². The van der Waals surface area contributed by atoms with Crippen LogP contribution in [0.25, 0.3) is 0 Å². The van der Waals surface area contributed by atoms with Gasteiger partial charge in [0.25, 0.3) is 5.91 Å². The Labute approximate surface area is 136 Å². The maximum Gasteiger partial charge on any atom is 0.416 e. The number of fused-ring (bicyclic) bond motifs is 1. The highest BCUT2D eigenvalue weighted by atomic mass is 19.4. The van der Waals surface area contributed by atoms with Gasteiger partial charge in [-0.1, -0.05) is 12.1 Å². The van der Waals surface area contributed by atoms with Gasteiger partial charge in [-0.25, -0.2) is 4.68 Å². The molecule has 3 rings (SSSR count). The first kappa shape index (κ1) is 16.4. The van der Waals surface area contributed by atoms with Crippen LogP contribution in [0.1, 0.15) is 28.0 Å². The molecule has 1 aliphatic heterocycles. The largest absolute Gasteiger partial charge is 0.478 e. The Bertz CT molecular complexity index is 700. The van der Waals surface area contributed by atoms with Crippen molar-refractivity contribution in [3.63, 3.8) is 0 Å². The average molecular weight is 339 g/mol. The van der Waals surface area contributed by atoms with E-state index in [2.05, 4.69) is 10.4 Å². The summed E-state index contributed by atoms with van der Waals surface area (Å²) in [5.74, 6) is 0.251.